The van der Waals surface area contributed by atoms with E-state index < -0.39 is 0 Å². The van der Waals surface area contributed by atoms with Gasteiger partial charge in [-0.3, -0.25) is 4.79 Å². The van der Waals surface area contributed by atoms with Gasteiger partial charge < -0.3 is 24.3 Å². The van der Waals surface area contributed by atoms with Gasteiger partial charge in [0.1, 0.15) is 5.75 Å². The maximum atomic E-state index is 12.0. The number of carbonyl (C=O) groups excluding carboxylic acids is 1. The van der Waals surface area contributed by atoms with E-state index in [0.717, 1.165) is 28.4 Å². The molecule has 156 valence electrons. The molecule has 0 aliphatic carbocycles. The van der Waals surface area contributed by atoms with Gasteiger partial charge in [-0.15, -0.1) is 0 Å². The van der Waals surface area contributed by atoms with Crippen LogP contribution in [0.3, 0.4) is 0 Å². The summed E-state index contributed by atoms with van der Waals surface area (Å²) in [5, 5.41) is 2.89. The monoisotopic (exact) mass is 399 g/mol. The maximum Gasteiger partial charge on any atom is 0.244 e. The van der Waals surface area contributed by atoms with Gasteiger partial charge in [0.25, 0.3) is 0 Å². The number of carbonyl (C=O) groups is 1. The SMILES string of the molecule is CCOc1ccc(CCNC(=O)/C=C/c2ccc(OCOC)cc2)cc1OCC. The highest BCUT2D eigenvalue weighted by atomic mass is 16.7. The van der Waals surface area contributed by atoms with E-state index in [2.05, 4.69) is 5.32 Å². The van der Waals surface area contributed by atoms with Crippen LogP contribution in [-0.4, -0.2) is 39.6 Å². The van der Waals surface area contributed by atoms with Crippen LogP contribution >= 0.6 is 0 Å². The number of hydrogen-bond acceptors (Lipinski definition) is 5. The third kappa shape index (κ3) is 7.87. The Morgan fingerprint density at radius 3 is 2.38 bits per heavy atom. The lowest BCUT2D eigenvalue weighted by Crippen LogP contribution is -2.23. The molecule has 6 heteroatoms. The van der Waals surface area contributed by atoms with Gasteiger partial charge in [-0.25, -0.2) is 0 Å². The summed E-state index contributed by atoms with van der Waals surface area (Å²) < 4.78 is 21.4. The zero-order valence-electron chi connectivity index (χ0n) is 17.3. The van der Waals surface area contributed by atoms with Crippen molar-refractivity contribution in [3.05, 3.63) is 59.7 Å². The first-order valence-electron chi connectivity index (χ1n) is 9.72. The summed E-state index contributed by atoms with van der Waals surface area (Å²) in [4.78, 5) is 12.0. The molecule has 6 nitrogen and oxygen atoms in total. The number of amides is 1. The second kappa shape index (κ2) is 12.5. The summed E-state index contributed by atoms with van der Waals surface area (Å²) in [5.74, 6) is 2.05. The minimum Gasteiger partial charge on any atom is -0.490 e. The van der Waals surface area contributed by atoms with E-state index in [1.54, 1.807) is 13.2 Å². The molecule has 0 radical (unpaired) electrons. The first kappa shape index (κ1) is 22.3. The summed E-state index contributed by atoms with van der Waals surface area (Å²) in [5.41, 5.74) is 1.99. The Morgan fingerprint density at radius 2 is 1.69 bits per heavy atom. The number of nitrogens with one attached hydrogen (secondary N) is 1. The predicted octanol–water partition coefficient (Wildman–Crippen LogP) is 3.84. The zero-order valence-corrected chi connectivity index (χ0v) is 17.3. The molecule has 0 saturated heterocycles. The molecule has 1 amide bonds. The standard InChI is InChI=1S/C23H29NO5/c1-4-27-21-12-8-19(16-22(21)28-5-2)14-15-24-23(25)13-9-18-6-10-20(11-7-18)29-17-26-3/h6-13,16H,4-5,14-15,17H2,1-3H3,(H,24,25)/b13-9+. The van der Waals surface area contributed by atoms with Gasteiger partial charge in [0, 0.05) is 19.7 Å². The molecular weight excluding hydrogens is 370 g/mol. The van der Waals surface area contributed by atoms with Gasteiger partial charge in [-0.05, 0) is 61.7 Å². The molecule has 2 aromatic rings. The van der Waals surface area contributed by atoms with Crippen LogP contribution in [0.2, 0.25) is 0 Å². The number of rotatable bonds is 12. The molecular formula is C23H29NO5. The van der Waals surface area contributed by atoms with Crippen molar-refractivity contribution in [2.75, 3.05) is 33.7 Å². The number of benzene rings is 2. The van der Waals surface area contributed by atoms with Gasteiger partial charge in [0.2, 0.25) is 5.91 Å². The molecule has 29 heavy (non-hydrogen) atoms. The smallest absolute Gasteiger partial charge is 0.244 e. The van der Waals surface area contributed by atoms with Gasteiger partial charge in [-0.2, -0.15) is 0 Å². The quantitative estimate of drug-likeness (QED) is 0.434. The third-order valence-electron chi connectivity index (χ3n) is 3.97. The first-order valence-corrected chi connectivity index (χ1v) is 9.72. The Labute approximate surface area is 172 Å². The van der Waals surface area contributed by atoms with Crippen LogP contribution in [0.4, 0.5) is 0 Å². The first-order chi connectivity index (χ1) is 14.2. The molecule has 0 saturated carbocycles. The fraction of sp³-hybridized carbons (Fsp3) is 0.348. The fourth-order valence-corrected chi connectivity index (χ4v) is 2.61. The Kier molecular flexibility index (Phi) is 9.59. The molecule has 0 aromatic heterocycles. The zero-order chi connectivity index (χ0) is 20.9. The van der Waals surface area contributed by atoms with Crippen LogP contribution in [-0.2, 0) is 16.0 Å². The molecule has 0 unspecified atom stereocenters. The van der Waals surface area contributed by atoms with Gasteiger partial charge in [0.15, 0.2) is 18.3 Å². The van der Waals surface area contributed by atoms with Gasteiger partial charge >= 0.3 is 0 Å². The van der Waals surface area contributed by atoms with Crippen LogP contribution in [0.25, 0.3) is 6.08 Å². The molecule has 2 aromatic carbocycles. The van der Waals surface area contributed by atoms with Gasteiger partial charge in [0.05, 0.1) is 13.2 Å². The van der Waals surface area contributed by atoms with E-state index in [-0.39, 0.29) is 12.7 Å². The molecule has 2 rings (SSSR count). The number of methoxy groups -OCH3 is 1. The average molecular weight is 399 g/mol. The third-order valence-corrected chi connectivity index (χ3v) is 3.97. The minimum atomic E-state index is -0.138. The highest BCUT2D eigenvalue weighted by Crippen LogP contribution is 2.28. The topological polar surface area (TPSA) is 66.0 Å². The van der Waals surface area contributed by atoms with Crippen LogP contribution < -0.4 is 19.5 Å². The van der Waals surface area contributed by atoms with E-state index in [1.807, 2.05) is 56.3 Å². The summed E-state index contributed by atoms with van der Waals surface area (Å²) >= 11 is 0. The highest BCUT2D eigenvalue weighted by Gasteiger charge is 2.06. The molecule has 0 bridgehead atoms. The number of ether oxygens (including phenoxy) is 4. The van der Waals surface area contributed by atoms with E-state index in [1.165, 1.54) is 6.08 Å². The normalized spacial score (nSPS) is 10.7. The lowest BCUT2D eigenvalue weighted by atomic mass is 10.1. The maximum absolute atomic E-state index is 12.0. The second-order valence-electron chi connectivity index (χ2n) is 6.14. The van der Waals surface area contributed by atoms with Gasteiger partial charge in [-0.1, -0.05) is 18.2 Å². The highest BCUT2D eigenvalue weighted by molar-refractivity contribution is 5.91. The Balaban J connectivity index is 1.81. The van der Waals surface area contributed by atoms with Crippen molar-refractivity contribution in [2.45, 2.75) is 20.3 Å². The van der Waals surface area contributed by atoms with Crippen molar-refractivity contribution < 1.29 is 23.7 Å². The molecule has 0 heterocycles. The Hall–Kier alpha value is -2.99. The van der Waals surface area contributed by atoms with E-state index in [9.17, 15) is 4.79 Å². The lowest BCUT2D eigenvalue weighted by Gasteiger charge is -2.12. The minimum absolute atomic E-state index is 0.138. The van der Waals surface area contributed by atoms with Crippen molar-refractivity contribution in [3.8, 4) is 17.2 Å². The molecule has 0 atom stereocenters. The van der Waals surface area contributed by atoms with Crippen molar-refractivity contribution in [1.29, 1.82) is 0 Å². The van der Waals surface area contributed by atoms with Crippen LogP contribution in [0, 0.1) is 0 Å². The Morgan fingerprint density at radius 1 is 0.966 bits per heavy atom. The molecule has 0 spiro atoms. The van der Waals surface area contributed by atoms with Crippen LogP contribution in [0.1, 0.15) is 25.0 Å². The summed E-state index contributed by atoms with van der Waals surface area (Å²) in [7, 11) is 1.57. The van der Waals surface area contributed by atoms with E-state index in [0.29, 0.717) is 26.2 Å². The molecule has 0 aliphatic heterocycles. The van der Waals surface area contributed by atoms with Crippen LogP contribution in [0.5, 0.6) is 17.2 Å². The Bertz CT molecular complexity index is 786. The van der Waals surface area contributed by atoms with E-state index in [4.69, 9.17) is 18.9 Å². The van der Waals surface area contributed by atoms with Crippen molar-refractivity contribution >= 4 is 12.0 Å². The average Bonchev–Trinajstić information content (AvgIpc) is 2.73. The number of hydrogen-bond donors (Lipinski definition) is 1. The fourth-order valence-electron chi connectivity index (χ4n) is 2.61. The molecule has 0 aliphatic rings. The van der Waals surface area contributed by atoms with Crippen molar-refractivity contribution in [1.82, 2.24) is 5.32 Å². The van der Waals surface area contributed by atoms with Crippen LogP contribution in [0.15, 0.2) is 48.5 Å². The second-order valence-corrected chi connectivity index (χ2v) is 6.14. The van der Waals surface area contributed by atoms with Crippen molar-refractivity contribution in [2.24, 2.45) is 0 Å². The van der Waals surface area contributed by atoms with E-state index >= 15 is 0 Å². The predicted molar refractivity (Wildman–Crippen MR) is 113 cm³/mol. The molecule has 1 N–H and O–H groups in total. The summed E-state index contributed by atoms with van der Waals surface area (Å²) in [6.45, 7) is 5.78. The summed E-state index contributed by atoms with van der Waals surface area (Å²) in [6.07, 6.45) is 3.99. The summed E-state index contributed by atoms with van der Waals surface area (Å²) in [6, 6.07) is 13.3. The largest absolute Gasteiger partial charge is 0.490 e. The molecule has 0 fully saturated rings. The van der Waals surface area contributed by atoms with Crippen molar-refractivity contribution in [3.63, 3.8) is 0 Å². The lowest BCUT2D eigenvalue weighted by molar-refractivity contribution is -0.116.